The highest BCUT2D eigenvalue weighted by Crippen LogP contribution is 2.30. The Bertz CT molecular complexity index is 1170. The van der Waals surface area contributed by atoms with Crippen molar-refractivity contribution >= 4 is 40.8 Å². The summed E-state index contributed by atoms with van der Waals surface area (Å²) in [6.45, 7) is 2.89. The predicted octanol–water partition coefficient (Wildman–Crippen LogP) is 3.81. The molecule has 0 aliphatic rings. The van der Waals surface area contributed by atoms with Crippen LogP contribution in [0.5, 0.6) is 0 Å². The van der Waals surface area contributed by atoms with Crippen molar-refractivity contribution < 1.29 is 9.59 Å². The van der Waals surface area contributed by atoms with Crippen LogP contribution in [0.3, 0.4) is 0 Å². The lowest BCUT2D eigenvalue weighted by Crippen LogP contribution is -2.06. The van der Waals surface area contributed by atoms with Crippen LogP contribution in [0, 0.1) is 11.3 Å². The lowest BCUT2D eigenvalue weighted by molar-refractivity contribution is -0.115. The summed E-state index contributed by atoms with van der Waals surface area (Å²) in [6.07, 6.45) is 0. The molecule has 0 aliphatic heterocycles. The minimum absolute atomic E-state index is 0.105. The summed E-state index contributed by atoms with van der Waals surface area (Å²) in [4.78, 5) is 31.3. The minimum atomic E-state index is -0.169. The van der Waals surface area contributed by atoms with Crippen molar-refractivity contribution in [1.29, 1.82) is 5.26 Å². The maximum absolute atomic E-state index is 11.3. The van der Waals surface area contributed by atoms with Gasteiger partial charge in [-0.15, -0.1) is 0 Å². The first-order chi connectivity index (χ1) is 14.9. The van der Waals surface area contributed by atoms with Gasteiger partial charge in [-0.2, -0.15) is 5.26 Å². The van der Waals surface area contributed by atoms with Gasteiger partial charge in [-0.25, -0.2) is 9.97 Å². The molecule has 3 aromatic rings. The lowest BCUT2D eigenvalue weighted by atomic mass is 10.1. The van der Waals surface area contributed by atoms with Crippen molar-refractivity contribution in [1.82, 2.24) is 9.97 Å². The van der Waals surface area contributed by atoms with E-state index in [0.29, 0.717) is 33.5 Å². The molecule has 1 aromatic heterocycles. The number of carbonyl (C=O) groups is 2. The number of amides is 2. The summed E-state index contributed by atoms with van der Waals surface area (Å²) in [6, 6.07) is 16.5. The first kappa shape index (κ1) is 21.8. The van der Waals surface area contributed by atoms with E-state index in [-0.39, 0.29) is 23.2 Å². The zero-order valence-corrected chi connectivity index (χ0v) is 17.8. The second-order valence-electron chi connectivity index (χ2n) is 6.66. The molecule has 2 aromatic carbocycles. The Morgan fingerprint density at radius 2 is 1.71 bits per heavy atom. The number of carbonyl (C=O) groups excluding carboxylic acids is 2. The molecule has 0 saturated heterocycles. The summed E-state index contributed by atoms with van der Waals surface area (Å²) >= 11 is 1.37. The maximum atomic E-state index is 11.3. The Labute approximate surface area is 183 Å². The van der Waals surface area contributed by atoms with Crippen molar-refractivity contribution in [3.63, 3.8) is 0 Å². The molecule has 31 heavy (non-hydrogen) atoms. The molecule has 0 bridgehead atoms. The predicted molar refractivity (Wildman–Crippen MR) is 121 cm³/mol. The third-order valence-corrected chi connectivity index (χ3v) is 5.04. The third-order valence-electron chi connectivity index (χ3n) is 4.12. The normalized spacial score (nSPS) is 10.2. The van der Waals surface area contributed by atoms with Crippen LogP contribution in [-0.2, 0) is 15.3 Å². The first-order valence-corrected chi connectivity index (χ1v) is 10.3. The Morgan fingerprint density at radius 1 is 1.03 bits per heavy atom. The van der Waals surface area contributed by atoms with E-state index in [4.69, 9.17) is 5.73 Å². The maximum Gasteiger partial charge on any atom is 0.221 e. The molecule has 0 spiro atoms. The summed E-state index contributed by atoms with van der Waals surface area (Å²) in [5, 5.41) is 15.4. The molecule has 0 unspecified atom stereocenters. The van der Waals surface area contributed by atoms with Crippen LogP contribution in [0.15, 0.2) is 53.7 Å². The fourth-order valence-electron chi connectivity index (χ4n) is 2.85. The highest BCUT2D eigenvalue weighted by Gasteiger charge is 2.15. The molecule has 9 heteroatoms. The van der Waals surface area contributed by atoms with Gasteiger partial charge in [-0.3, -0.25) is 9.59 Å². The zero-order chi connectivity index (χ0) is 22.4. The standard InChI is InChI=1S/C22H20N6O2S/c1-13(29)25-17-8-6-16(7-9-17)20-19(11-23)21(24)28-22(27-20)31-12-15-4-3-5-18(10-15)26-14(2)30/h3-10H,12H2,1-2H3,(H,25,29)(H,26,30)(H2,24,27,28). The Balaban J connectivity index is 1.85. The van der Waals surface area contributed by atoms with E-state index in [9.17, 15) is 14.9 Å². The SMILES string of the molecule is CC(=O)Nc1ccc(-c2nc(SCc3cccc(NC(C)=O)c3)nc(N)c2C#N)cc1. The summed E-state index contributed by atoms with van der Waals surface area (Å²) in [5.74, 6) is 0.354. The molecule has 2 amide bonds. The molecule has 0 aliphatic carbocycles. The van der Waals surface area contributed by atoms with Crippen molar-refractivity contribution in [2.24, 2.45) is 0 Å². The number of rotatable bonds is 6. The smallest absolute Gasteiger partial charge is 0.221 e. The van der Waals surface area contributed by atoms with E-state index in [1.807, 2.05) is 24.3 Å². The highest BCUT2D eigenvalue weighted by molar-refractivity contribution is 7.98. The summed E-state index contributed by atoms with van der Waals surface area (Å²) in [5.41, 5.74) is 9.67. The second kappa shape index (κ2) is 9.73. The summed E-state index contributed by atoms with van der Waals surface area (Å²) in [7, 11) is 0. The van der Waals surface area contributed by atoms with Crippen LogP contribution in [0.25, 0.3) is 11.3 Å². The molecule has 0 radical (unpaired) electrons. The number of nitrogens with two attached hydrogens (primary N) is 1. The van der Waals surface area contributed by atoms with E-state index in [2.05, 4.69) is 26.7 Å². The monoisotopic (exact) mass is 432 g/mol. The van der Waals surface area contributed by atoms with Crippen LogP contribution >= 0.6 is 11.8 Å². The lowest BCUT2D eigenvalue weighted by Gasteiger charge is -2.10. The van der Waals surface area contributed by atoms with Crippen molar-refractivity contribution in [2.75, 3.05) is 16.4 Å². The van der Waals surface area contributed by atoms with Crippen molar-refractivity contribution in [2.45, 2.75) is 24.8 Å². The molecule has 1 heterocycles. The molecule has 0 fully saturated rings. The van der Waals surface area contributed by atoms with Gasteiger partial charge in [-0.05, 0) is 29.8 Å². The van der Waals surface area contributed by atoms with Crippen LogP contribution in [-0.4, -0.2) is 21.8 Å². The van der Waals surface area contributed by atoms with Gasteiger partial charge in [0.1, 0.15) is 17.5 Å². The van der Waals surface area contributed by atoms with Gasteiger partial charge in [0.2, 0.25) is 11.8 Å². The average Bonchev–Trinajstić information content (AvgIpc) is 2.72. The van der Waals surface area contributed by atoms with E-state index < -0.39 is 0 Å². The number of aromatic nitrogens is 2. The molecule has 0 atom stereocenters. The number of nitrogen functional groups attached to an aromatic ring is 1. The number of anilines is 3. The molecular formula is C22H20N6O2S. The number of nitriles is 1. The van der Waals surface area contributed by atoms with E-state index in [1.54, 1.807) is 24.3 Å². The molecule has 156 valence electrons. The van der Waals surface area contributed by atoms with E-state index in [1.165, 1.54) is 25.6 Å². The Hall–Kier alpha value is -3.90. The van der Waals surface area contributed by atoms with Gasteiger partial charge in [-0.1, -0.05) is 36.0 Å². The number of nitrogens with zero attached hydrogens (tertiary/aromatic N) is 3. The van der Waals surface area contributed by atoms with Gasteiger partial charge in [0.05, 0.1) is 5.69 Å². The highest BCUT2D eigenvalue weighted by atomic mass is 32.2. The fraction of sp³-hybridized carbons (Fsp3) is 0.136. The first-order valence-electron chi connectivity index (χ1n) is 9.30. The number of thioether (sulfide) groups is 1. The van der Waals surface area contributed by atoms with Gasteiger partial charge in [0.25, 0.3) is 0 Å². The number of hydrogen-bond donors (Lipinski definition) is 3. The quantitative estimate of drug-likeness (QED) is 0.398. The number of benzene rings is 2. The van der Waals surface area contributed by atoms with Crippen LogP contribution in [0.1, 0.15) is 25.0 Å². The molecule has 8 nitrogen and oxygen atoms in total. The topological polar surface area (TPSA) is 134 Å². The van der Waals surface area contributed by atoms with Gasteiger partial charge < -0.3 is 16.4 Å². The van der Waals surface area contributed by atoms with E-state index in [0.717, 1.165) is 5.56 Å². The number of nitrogens with one attached hydrogen (secondary N) is 2. The number of hydrogen-bond acceptors (Lipinski definition) is 7. The fourth-order valence-corrected chi connectivity index (χ4v) is 3.64. The average molecular weight is 433 g/mol. The molecule has 0 saturated carbocycles. The third kappa shape index (κ3) is 5.81. The van der Waals surface area contributed by atoms with Crippen molar-refractivity contribution in [3.05, 3.63) is 59.7 Å². The van der Waals surface area contributed by atoms with Gasteiger partial charge in [0, 0.05) is 36.5 Å². The molecule has 3 rings (SSSR count). The van der Waals surface area contributed by atoms with Gasteiger partial charge >= 0.3 is 0 Å². The van der Waals surface area contributed by atoms with Crippen LogP contribution < -0.4 is 16.4 Å². The van der Waals surface area contributed by atoms with Crippen LogP contribution in [0.4, 0.5) is 17.2 Å². The zero-order valence-electron chi connectivity index (χ0n) is 17.0. The second-order valence-corrected chi connectivity index (χ2v) is 7.60. The molecule has 4 N–H and O–H groups in total. The summed E-state index contributed by atoms with van der Waals surface area (Å²) < 4.78 is 0. The van der Waals surface area contributed by atoms with Gasteiger partial charge in [0.15, 0.2) is 5.16 Å². The van der Waals surface area contributed by atoms with Crippen molar-refractivity contribution in [3.8, 4) is 17.3 Å². The largest absolute Gasteiger partial charge is 0.382 e. The Kier molecular flexibility index (Phi) is 6.85. The minimum Gasteiger partial charge on any atom is -0.382 e. The molecular weight excluding hydrogens is 412 g/mol. The van der Waals surface area contributed by atoms with Crippen LogP contribution in [0.2, 0.25) is 0 Å². The Morgan fingerprint density at radius 3 is 2.35 bits per heavy atom. The van der Waals surface area contributed by atoms with E-state index >= 15 is 0 Å².